The Kier molecular flexibility index (Phi) is 5.47. The molecule has 5 heteroatoms. The van der Waals surface area contributed by atoms with Crippen molar-refractivity contribution < 1.29 is 0 Å². The average Bonchev–Trinajstić information content (AvgIpc) is 2.54. The lowest BCUT2D eigenvalue weighted by atomic mass is 10.2. The van der Waals surface area contributed by atoms with Crippen molar-refractivity contribution >= 4 is 11.5 Å². The number of rotatable bonds is 7. The van der Waals surface area contributed by atoms with Crippen LogP contribution in [0.5, 0.6) is 0 Å². The van der Waals surface area contributed by atoms with Gasteiger partial charge in [-0.2, -0.15) is 5.10 Å². The van der Waals surface area contributed by atoms with Crippen LogP contribution >= 0.6 is 0 Å². The Balaban J connectivity index is 2.26. The van der Waals surface area contributed by atoms with E-state index in [4.69, 9.17) is 5.73 Å². The second kappa shape index (κ2) is 6.64. The van der Waals surface area contributed by atoms with Crippen LogP contribution in [-0.2, 0) is 7.05 Å². The molecule has 1 rings (SSSR count). The minimum Gasteiger partial charge on any atom is -0.394 e. The van der Waals surface area contributed by atoms with Gasteiger partial charge in [0.05, 0.1) is 11.4 Å². The molecule has 0 unspecified atom stereocenters. The molecular formula is C13H27N5. The van der Waals surface area contributed by atoms with E-state index in [0.29, 0.717) is 6.04 Å². The number of hydrogen-bond acceptors (Lipinski definition) is 4. The predicted octanol–water partition coefficient (Wildman–Crippen LogP) is 1.84. The summed E-state index contributed by atoms with van der Waals surface area (Å²) in [7, 11) is 4.08. The Bertz CT molecular complexity index is 370. The summed E-state index contributed by atoms with van der Waals surface area (Å²) < 4.78 is 1.81. The fourth-order valence-corrected chi connectivity index (χ4v) is 1.84. The van der Waals surface area contributed by atoms with Crippen LogP contribution in [-0.4, -0.2) is 40.9 Å². The lowest BCUT2D eigenvalue weighted by Gasteiger charge is -2.20. The van der Waals surface area contributed by atoms with Crippen molar-refractivity contribution in [2.75, 3.05) is 31.2 Å². The van der Waals surface area contributed by atoms with Crippen LogP contribution in [0.4, 0.5) is 11.5 Å². The molecule has 1 heterocycles. The van der Waals surface area contributed by atoms with E-state index < -0.39 is 0 Å². The molecule has 1 aromatic rings. The van der Waals surface area contributed by atoms with E-state index in [-0.39, 0.29) is 0 Å². The third-order valence-corrected chi connectivity index (χ3v) is 3.38. The molecule has 0 saturated heterocycles. The minimum absolute atomic E-state index is 0.619. The summed E-state index contributed by atoms with van der Waals surface area (Å²) in [6.45, 7) is 8.45. The molecule has 0 fully saturated rings. The summed E-state index contributed by atoms with van der Waals surface area (Å²) in [4.78, 5) is 2.36. The molecule has 1 aromatic heterocycles. The van der Waals surface area contributed by atoms with Gasteiger partial charge in [0, 0.05) is 19.6 Å². The number of aryl methyl sites for hydroxylation is 2. The monoisotopic (exact) mass is 253 g/mol. The Hall–Kier alpha value is -1.23. The van der Waals surface area contributed by atoms with Crippen LogP contribution in [0.3, 0.4) is 0 Å². The van der Waals surface area contributed by atoms with Gasteiger partial charge >= 0.3 is 0 Å². The van der Waals surface area contributed by atoms with E-state index in [2.05, 4.69) is 36.2 Å². The molecule has 3 N–H and O–H groups in total. The van der Waals surface area contributed by atoms with Crippen LogP contribution in [0.15, 0.2) is 0 Å². The van der Waals surface area contributed by atoms with Crippen molar-refractivity contribution in [2.24, 2.45) is 7.05 Å². The highest BCUT2D eigenvalue weighted by molar-refractivity contribution is 5.64. The van der Waals surface area contributed by atoms with Crippen LogP contribution in [0.1, 0.15) is 32.4 Å². The number of anilines is 2. The zero-order valence-corrected chi connectivity index (χ0v) is 12.3. The maximum atomic E-state index is 5.95. The van der Waals surface area contributed by atoms with Crippen molar-refractivity contribution in [3.8, 4) is 0 Å². The van der Waals surface area contributed by atoms with Gasteiger partial charge in [0.2, 0.25) is 0 Å². The zero-order valence-electron chi connectivity index (χ0n) is 12.3. The SMILES string of the molecule is Cc1nn(C)c(NCCCCN(C)C(C)C)c1N. The van der Waals surface area contributed by atoms with Gasteiger partial charge in [0.1, 0.15) is 5.82 Å². The minimum atomic E-state index is 0.619. The molecule has 0 amide bonds. The standard InChI is InChI=1S/C13H27N5/c1-10(2)17(4)9-7-6-8-15-13-12(14)11(3)16-18(13)5/h10,15H,6-9,14H2,1-5H3. The Morgan fingerprint density at radius 2 is 2.06 bits per heavy atom. The summed E-state index contributed by atoms with van der Waals surface area (Å²) in [5, 5.41) is 7.64. The maximum Gasteiger partial charge on any atom is 0.147 e. The molecule has 0 saturated carbocycles. The van der Waals surface area contributed by atoms with Gasteiger partial charge in [0.15, 0.2) is 0 Å². The summed E-state index contributed by atoms with van der Waals surface area (Å²) in [5.41, 5.74) is 7.60. The normalized spacial score (nSPS) is 11.5. The van der Waals surface area contributed by atoms with E-state index >= 15 is 0 Å². The highest BCUT2D eigenvalue weighted by Crippen LogP contribution is 2.20. The van der Waals surface area contributed by atoms with Gasteiger partial charge in [-0.05, 0) is 47.2 Å². The third kappa shape index (κ3) is 3.91. The topological polar surface area (TPSA) is 59.1 Å². The number of nitrogens with zero attached hydrogens (tertiary/aromatic N) is 3. The first-order valence-corrected chi connectivity index (χ1v) is 6.66. The Morgan fingerprint density at radius 1 is 1.39 bits per heavy atom. The molecule has 0 aromatic carbocycles. The van der Waals surface area contributed by atoms with Crippen molar-refractivity contribution in [3.63, 3.8) is 0 Å². The quantitative estimate of drug-likeness (QED) is 0.728. The molecule has 0 bridgehead atoms. The van der Waals surface area contributed by atoms with Crippen LogP contribution in [0.2, 0.25) is 0 Å². The van der Waals surface area contributed by atoms with Crippen molar-refractivity contribution in [2.45, 2.75) is 39.7 Å². The van der Waals surface area contributed by atoms with E-state index in [0.717, 1.165) is 36.7 Å². The van der Waals surface area contributed by atoms with Gasteiger partial charge < -0.3 is 16.0 Å². The van der Waals surface area contributed by atoms with Gasteiger partial charge in [0.25, 0.3) is 0 Å². The first-order valence-electron chi connectivity index (χ1n) is 6.66. The largest absolute Gasteiger partial charge is 0.394 e. The molecule has 18 heavy (non-hydrogen) atoms. The van der Waals surface area contributed by atoms with Gasteiger partial charge in [-0.15, -0.1) is 0 Å². The van der Waals surface area contributed by atoms with E-state index in [1.165, 1.54) is 6.42 Å². The summed E-state index contributed by atoms with van der Waals surface area (Å²) in [5.74, 6) is 0.935. The fraction of sp³-hybridized carbons (Fsp3) is 0.769. The molecule has 0 aliphatic carbocycles. The number of hydrogen-bond donors (Lipinski definition) is 2. The van der Waals surface area contributed by atoms with Gasteiger partial charge in [-0.1, -0.05) is 0 Å². The Morgan fingerprint density at radius 3 is 2.56 bits per heavy atom. The number of nitrogens with two attached hydrogens (primary N) is 1. The van der Waals surface area contributed by atoms with Crippen LogP contribution < -0.4 is 11.1 Å². The number of aromatic nitrogens is 2. The van der Waals surface area contributed by atoms with Gasteiger partial charge in [-0.3, -0.25) is 4.68 Å². The number of unbranched alkanes of at least 4 members (excludes halogenated alkanes) is 1. The molecule has 0 aliphatic rings. The van der Waals surface area contributed by atoms with Gasteiger partial charge in [-0.25, -0.2) is 0 Å². The van der Waals surface area contributed by atoms with E-state index in [1.54, 1.807) is 0 Å². The third-order valence-electron chi connectivity index (χ3n) is 3.38. The van der Waals surface area contributed by atoms with Crippen molar-refractivity contribution in [1.29, 1.82) is 0 Å². The lowest BCUT2D eigenvalue weighted by molar-refractivity contribution is 0.269. The number of nitrogen functional groups attached to an aromatic ring is 1. The Labute approximate surface area is 110 Å². The van der Waals surface area contributed by atoms with Crippen molar-refractivity contribution in [1.82, 2.24) is 14.7 Å². The first-order chi connectivity index (χ1) is 8.43. The highest BCUT2D eigenvalue weighted by atomic mass is 15.3. The second-order valence-electron chi connectivity index (χ2n) is 5.18. The summed E-state index contributed by atoms with van der Waals surface area (Å²) in [6.07, 6.45) is 2.33. The number of nitrogens with one attached hydrogen (secondary N) is 1. The van der Waals surface area contributed by atoms with Crippen molar-refractivity contribution in [3.05, 3.63) is 5.69 Å². The molecular weight excluding hydrogens is 226 g/mol. The van der Waals surface area contributed by atoms with Crippen LogP contribution in [0.25, 0.3) is 0 Å². The summed E-state index contributed by atoms with van der Waals surface area (Å²) >= 11 is 0. The van der Waals surface area contributed by atoms with Crippen LogP contribution in [0, 0.1) is 6.92 Å². The smallest absolute Gasteiger partial charge is 0.147 e. The predicted molar refractivity (Wildman–Crippen MR) is 77.8 cm³/mol. The molecule has 0 spiro atoms. The first kappa shape index (κ1) is 14.8. The molecule has 104 valence electrons. The van der Waals surface area contributed by atoms with E-state index in [1.807, 2.05) is 18.7 Å². The average molecular weight is 253 g/mol. The zero-order chi connectivity index (χ0) is 13.7. The molecule has 0 atom stereocenters. The van der Waals surface area contributed by atoms with E-state index in [9.17, 15) is 0 Å². The molecule has 5 nitrogen and oxygen atoms in total. The fourth-order valence-electron chi connectivity index (χ4n) is 1.84. The lowest BCUT2D eigenvalue weighted by Crippen LogP contribution is -2.27. The molecule has 0 aliphatic heterocycles. The maximum absolute atomic E-state index is 5.95. The summed E-state index contributed by atoms with van der Waals surface area (Å²) in [6, 6.07) is 0.619. The second-order valence-corrected chi connectivity index (χ2v) is 5.18. The highest BCUT2D eigenvalue weighted by Gasteiger charge is 2.08. The molecule has 0 radical (unpaired) electrons.